The van der Waals surface area contributed by atoms with Gasteiger partial charge in [-0.25, -0.2) is 4.79 Å². The van der Waals surface area contributed by atoms with Gasteiger partial charge in [-0.05, 0) is 18.2 Å². The summed E-state index contributed by atoms with van der Waals surface area (Å²) in [5.74, 6) is -2.24. The molecule has 8 nitrogen and oxygen atoms in total. The molecule has 1 aromatic carbocycles. The number of rotatable bonds is 5. The number of urea groups is 1. The summed E-state index contributed by atoms with van der Waals surface area (Å²) in [5, 5.41) is 19.1. The van der Waals surface area contributed by atoms with Crippen LogP contribution >= 0.6 is 0 Å². The van der Waals surface area contributed by atoms with Crippen LogP contribution in [0.2, 0.25) is 0 Å². The summed E-state index contributed by atoms with van der Waals surface area (Å²) in [5.41, 5.74) is -0.887. The van der Waals surface area contributed by atoms with Crippen molar-refractivity contribution in [2.75, 3.05) is 27.2 Å². The number of aliphatic hydroxyl groups excluding tert-OH is 1. The molecule has 1 fully saturated rings. The number of carbonyl (C=O) groups is 2. The molecule has 0 spiro atoms. The van der Waals surface area contributed by atoms with Crippen molar-refractivity contribution < 1.29 is 32.6 Å². The fraction of sp³-hybridized carbons (Fsp3) is 0.412. The molecule has 2 rings (SSSR count). The average Bonchev–Trinajstić information content (AvgIpc) is 2.66. The van der Waals surface area contributed by atoms with Crippen LogP contribution in [-0.2, 0) is 11.0 Å². The summed E-state index contributed by atoms with van der Waals surface area (Å²) < 4.78 is 43.2. The molecule has 28 heavy (non-hydrogen) atoms. The SMILES string of the molecule is CN1C(=O)C(C#N)C(=NCC(O)COc2cccc(C(F)(F)F)c2)N(C)C1=O. The van der Waals surface area contributed by atoms with Crippen molar-refractivity contribution in [3.8, 4) is 11.8 Å². The molecule has 3 amide bonds. The number of hydrogen-bond acceptors (Lipinski definition) is 6. The van der Waals surface area contributed by atoms with Crippen LogP contribution in [0.25, 0.3) is 0 Å². The zero-order valence-corrected chi connectivity index (χ0v) is 15.0. The smallest absolute Gasteiger partial charge is 0.416 e. The largest absolute Gasteiger partial charge is 0.491 e. The molecule has 1 saturated heterocycles. The molecule has 0 bridgehead atoms. The number of aliphatic hydroxyl groups is 1. The van der Waals surface area contributed by atoms with Gasteiger partial charge in [0.25, 0.3) is 5.91 Å². The lowest BCUT2D eigenvalue weighted by atomic mass is 10.1. The van der Waals surface area contributed by atoms with Gasteiger partial charge in [-0.15, -0.1) is 0 Å². The second-order valence-electron chi connectivity index (χ2n) is 5.99. The lowest BCUT2D eigenvalue weighted by Crippen LogP contribution is -2.56. The molecule has 11 heteroatoms. The topological polar surface area (TPSA) is 106 Å². The van der Waals surface area contributed by atoms with Crippen molar-refractivity contribution in [2.24, 2.45) is 10.9 Å². The molecule has 150 valence electrons. The van der Waals surface area contributed by atoms with E-state index in [0.717, 1.165) is 21.9 Å². The third-order valence-electron chi connectivity index (χ3n) is 3.95. The van der Waals surface area contributed by atoms with Gasteiger partial charge in [-0.3, -0.25) is 19.6 Å². The lowest BCUT2D eigenvalue weighted by molar-refractivity contribution is -0.137. The number of amidine groups is 1. The minimum absolute atomic E-state index is 0.0850. The molecule has 0 aromatic heterocycles. The number of ether oxygens (including phenoxy) is 1. The van der Waals surface area contributed by atoms with Crippen LogP contribution in [0.15, 0.2) is 29.3 Å². The van der Waals surface area contributed by atoms with E-state index in [-0.39, 0.29) is 24.7 Å². The van der Waals surface area contributed by atoms with E-state index in [1.165, 1.54) is 26.2 Å². The molecule has 2 atom stereocenters. The molecule has 1 heterocycles. The van der Waals surface area contributed by atoms with Crippen molar-refractivity contribution in [2.45, 2.75) is 12.3 Å². The van der Waals surface area contributed by atoms with E-state index in [1.54, 1.807) is 6.07 Å². The van der Waals surface area contributed by atoms with Crippen LogP contribution in [0.4, 0.5) is 18.0 Å². The van der Waals surface area contributed by atoms with Crippen LogP contribution in [-0.4, -0.2) is 66.0 Å². The molecule has 0 saturated carbocycles. The number of imide groups is 1. The van der Waals surface area contributed by atoms with Gasteiger partial charge in [0.2, 0.25) is 0 Å². The van der Waals surface area contributed by atoms with Gasteiger partial charge in [0.1, 0.15) is 24.3 Å². The Kier molecular flexibility index (Phi) is 6.25. The minimum atomic E-state index is -4.52. The first-order valence-electron chi connectivity index (χ1n) is 8.03. The van der Waals surface area contributed by atoms with Gasteiger partial charge in [0.15, 0.2) is 5.92 Å². The highest BCUT2D eigenvalue weighted by molar-refractivity contribution is 6.19. The van der Waals surface area contributed by atoms with E-state index in [0.29, 0.717) is 0 Å². The number of halogens is 3. The Morgan fingerprint density at radius 3 is 2.61 bits per heavy atom. The fourth-order valence-electron chi connectivity index (χ4n) is 2.43. The van der Waals surface area contributed by atoms with E-state index in [4.69, 9.17) is 10.00 Å². The summed E-state index contributed by atoms with van der Waals surface area (Å²) in [6.07, 6.45) is -5.76. The van der Waals surface area contributed by atoms with Crippen LogP contribution in [0.1, 0.15) is 5.56 Å². The Hall–Kier alpha value is -3.13. The first-order chi connectivity index (χ1) is 13.1. The second kappa shape index (κ2) is 8.26. The Morgan fingerprint density at radius 1 is 1.32 bits per heavy atom. The minimum Gasteiger partial charge on any atom is -0.491 e. The van der Waals surface area contributed by atoms with Crippen molar-refractivity contribution in [3.63, 3.8) is 0 Å². The van der Waals surface area contributed by atoms with Crippen LogP contribution in [0.3, 0.4) is 0 Å². The fourth-order valence-corrected chi connectivity index (χ4v) is 2.43. The predicted molar refractivity (Wildman–Crippen MR) is 90.3 cm³/mol. The third kappa shape index (κ3) is 4.58. The number of nitriles is 1. The van der Waals surface area contributed by atoms with Crippen molar-refractivity contribution >= 4 is 17.8 Å². The summed E-state index contributed by atoms with van der Waals surface area (Å²) in [4.78, 5) is 29.7. The molecule has 0 radical (unpaired) electrons. The highest BCUT2D eigenvalue weighted by atomic mass is 19.4. The van der Waals surface area contributed by atoms with Gasteiger partial charge < -0.3 is 9.84 Å². The second-order valence-corrected chi connectivity index (χ2v) is 5.99. The van der Waals surface area contributed by atoms with Crippen LogP contribution < -0.4 is 4.74 Å². The lowest BCUT2D eigenvalue weighted by Gasteiger charge is -2.33. The zero-order valence-electron chi connectivity index (χ0n) is 15.0. The van der Waals surface area contributed by atoms with Crippen molar-refractivity contribution in [1.29, 1.82) is 5.26 Å². The molecule has 1 aliphatic heterocycles. The van der Waals surface area contributed by atoms with Crippen LogP contribution in [0.5, 0.6) is 5.75 Å². The van der Waals surface area contributed by atoms with Gasteiger partial charge in [0, 0.05) is 14.1 Å². The van der Waals surface area contributed by atoms with E-state index in [9.17, 15) is 27.9 Å². The van der Waals surface area contributed by atoms with Gasteiger partial charge in [-0.2, -0.15) is 18.4 Å². The maximum Gasteiger partial charge on any atom is 0.416 e. The van der Waals surface area contributed by atoms with Gasteiger partial charge in [0.05, 0.1) is 18.2 Å². The summed E-state index contributed by atoms with van der Waals surface area (Å²) in [7, 11) is 2.57. The number of benzene rings is 1. The first-order valence-corrected chi connectivity index (χ1v) is 8.03. The number of carbonyl (C=O) groups excluding carboxylic acids is 2. The monoisotopic (exact) mass is 398 g/mol. The first kappa shape index (κ1) is 21.2. The number of alkyl halides is 3. The van der Waals surface area contributed by atoms with E-state index in [2.05, 4.69) is 4.99 Å². The Bertz CT molecular complexity index is 834. The van der Waals surface area contributed by atoms with Gasteiger partial charge >= 0.3 is 12.2 Å². The quantitative estimate of drug-likeness (QED) is 0.809. The third-order valence-corrected chi connectivity index (χ3v) is 3.95. The standard InChI is InChI=1S/C17H17F3N4O4/c1-23-14(13(7-21)15(26)24(2)16(23)27)22-8-11(25)9-28-12-5-3-4-10(6-12)17(18,19)20/h3-6,11,13,25H,8-9H2,1-2H3. The molecular weight excluding hydrogens is 381 g/mol. The number of nitrogens with zero attached hydrogens (tertiary/aromatic N) is 4. The van der Waals surface area contributed by atoms with Gasteiger partial charge in [-0.1, -0.05) is 6.07 Å². The molecule has 2 unspecified atom stereocenters. The highest BCUT2D eigenvalue weighted by Crippen LogP contribution is 2.31. The van der Waals surface area contributed by atoms with E-state index >= 15 is 0 Å². The summed E-state index contributed by atoms with van der Waals surface area (Å²) >= 11 is 0. The molecule has 1 aromatic rings. The summed E-state index contributed by atoms with van der Waals surface area (Å²) in [6, 6.07) is 5.24. The Balaban J connectivity index is 2.03. The van der Waals surface area contributed by atoms with Crippen LogP contribution in [0, 0.1) is 17.2 Å². The van der Waals surface area contributed by atoms with E-state index < -0.39 is 35.7 Å². The number of aliphatic imine (C=N–C) groups is 1. The predicted octanol–water partition coefficient (Wildman–Crippen LogP) is 1.51. The normalized spacial score (nSPS) is 20.3. The highest BCUT2D eigenvalue weighted by Gasteiger charge is 2.41. The number of amides is 3. The maximum absolute atomic E-state index is 12.7. The Morgan fingerprint density at radius 2 is 2.00 bits per heavy atom. The molecule has 0 aliphatic carbocycles. The van der Waals surface area contributed by atoms with E-state index in [1.807, 2.05) is 0 Å². The molecule has 1 aliphatic rings. The Labute approximate surface area is 158 Å². The van der Waals surface area contributed by atoms with Crippen molar-refractivity contribution in [3.05, 3.63) is 29.8 Å². The average molecular weight is 398 g/mol. The maximum atomic E-state index is 12.7. The zero-order chi connectivity index (χ0) is 21.1. The molecular formula is C17H17F3N4O4. The number of hydrogen-bond donors (Lipinski definition) is 1. The molecule has 1 N–H and O–H groups in total. The summed E-state index contributed by atoms with van der Waals surface area (Å²) in [6.45, 7) is -0.693. The van der Waals surface area contributed by atoms with Crippen molar-refractivity contribution in [1.82, 2.24) is 9.80 Å².